The summed E-state index contributed by atoms with van der Waals surface area (Å²) in [6, 6.07) is 8.18. The average molecular weight is 304 g/mol. The first-order valence-electron chi connectivity index (χ1n) is 7.73. The zero-order valence-electron chi connectivity index (χ0n) is 13.1. The lowest BCUT2D eigenvalue weighted by atomic mass is 10.1. The number of nitrogens with zero attached hydrogens (tertiary/aromatic N) is 1. The van der Waals surface area contributed by atoms with Crippen LogP contribution in [0.25, 0.3) is 10.9 Å². The van der Waals surface area contributed by atoms with Gasteiger partial charge in [0, 0.05) is 49.8 Å². The summed E-state index contributed by atoms with van der Waals surface area (Å²) in [5.41, 5.74) is 2.40. The first-order chi connectivity index (χ1) is 10.6. The van der Waals surface area contributed by atoms with Gasteiger partial charge in [0.2, 0.25) is 0 Å². The van der Waals surface area contributed by atoms with E-state index in [0.717, 1.165) is 6.42 Å². The second-order valence-corrected chi connectivity index (χ2v) is 6.20. The summed E-state index contributed by atoms with van der Waals surface area (Å²) in [4.78, 5) is 0. The van der Waals surface area contributed by atoms with E-state index >= 15 is 0 Å². The highest BCUT2D eigenvalue weighted by molar-refractivity contribution is 5.83. The van der Waals surface area contributed by atoms with E-state index in [2.05, 4.69) is 28.2 Å². The van der Waals surface area contributed by atoms with Crippen LogP contribution in [-0.4, -0.2) is 46.7 Å². The van der Waals surface area contributed by atoms with Gasteiger partial charge in [0.15, 0.2) is 0 Å². The van der Waals surface area contributed by atoms with Crippen molar-refractivity contribution in [2.24, 2.45) is 13.0 Å². The first-order valence-corrected chi connectivity index (χ1v) is 7.73. The smallest absolute Gasteiger partial charge is 0.0955 e. The molecule has 2 aromatic rings. The van der Waals surface area contributed by atoms with Crippen LogP contribution in [0.2, 0.25) is 0 Å². The van der Waals surface area contributed by atoms with Crippen LogP contribution in [0, 0.1) is 5.92 Å². The molecule has 1 aromatic heterocycles. The number of fused-ring (bicyclic) bond motifs is 1. The quantitative estimate of drug-likeness (QED) is 0.772. The molecule has 0 amide bonds. The van der Waals surface area contributed by atoms with Crippen LogP contribution < -0.4 is 5.32 Å². The molecule has 0 saturated heterocycles. The maximum atomic E-state index is 10.2. The highest BCUT2D eigenvalue weighted by atomic mass is 16.5. The van der Waals surface area contributed by atoms with Crippen molar-refractivity contribution in [3.8, 4) is 0 Å². The number of aliphatic hydroxyl groups is 2. The predicted molar refractivity (Wildman–Crippen MR) is 85.5 cm³/mol. The molecule has 5 nitrogen and oxygen atoms in total. The molecule has 1 heterocycles. The maximum absolute atomic E-state index is 10.2. The van der Waals surface area contributed by atoms with Crippen LogP contribution in [0.15, 0.2) is 30.5 Å². The van der Waals surface area contributed by atoms with Crippen LogP contribution in [0.1, 0.15) is 12.0 Å². The normalized spacial score (nSPS) is 28.5. The van der Waals surface area contributed by atoms with Crippen LogP contribution in [0.3, 0.4) is 0 Å². The minimum Gasteiger partial charge on any atom is -0.390 e. The van der Waals surface area contributed by atoms with Crippen LogP contribution in [0.5, 0.6) is 0 Å². The van der Waals surface area contributed by atoms with E-state index in [-0.39, 0.29) is 12.0 Å². The first kappa shape index (κ1) is 15.5. The SMILES string of the molecule is COC[C@H]1C[C@@H](NCc2cn(C)c3ccccc23)[C@H](O)[C@@H]1O. The Balaban J connectivity index is 1.69. The molecule has 0 spiro atoms. The molecule has 4 atom stereocenters. The number of para-hydroxylation sites is 1. The number of aryl methyl sites for hydroxylation is 1. The largest absolute Gasteiger partial charge is 0.390 e. The molecular weight excluding hydrogens is 280 g/mol. The van der Waals surface area contributed by atoms with Crippen molar-refractivity contribution in [1.82, 2.24) is 9.88 Å². The van der Waals surface area contributed by atoms with Crippen molar-refractivity contribution in [3.63, 3.8) is 0 Å². The zero-order valence-corrected chi connectivity index (χ0v) is 13.1. The van der Waals surface area contributed by atoms with Crippen LogP contribution >= 0.6 is 0 Å². The molecule has 0 unspecified atom stereocenters. The van der Waals surface area contributed by atoms with Gasteiger partial charge in [-0.05, 0) is 18.1 Å². The molecular formula is C17H24N2O3. The average Bonchev–Trinajstić information content (AvgIpc) is 2.98. The van der Waals surface area contributed by atoms with Gasteiger partial charge in [0.25, 0.3) is 0 Å². The Morgan fingerprint density at radius 2 is 2.05 bits per heavy atom. The van der Waals surface area contributed by atoms with Crippen molar-refractivity contribution in [3.05, 3.63) is 36.0 Å². The number of methoxy groups -OCH3 is 1. The fraction of sp³-hybridized carbons (Fsp3) is 0.529. The summed E-state index contributed by atoms with van der Waals surface area (Å²) in [6.45, 7) is 1.15. The Hall–Kier alpha value is -1.40. The van der Waals surface area contributed by atoms with Crippen LogP contribution in [0.4, 0.5) is 0 Å². The number of hydrogen-bond acceptors (Lipinski definition) is 4. The Labute approximate surface area is 130 Å². The van der Waals surface area contributed by atoms with E-state index in [1.807, 2.05) is 19.2 Å². The summed E-state index contributed by atoms with van der Waals surface area (Å²) in [5, 5.41) is 24.9. The molecule has 0 radical (unpaired) electrons. The van der Waals surface area contributed by atoms with E-state index in [9.17, 15) is 10.2 Å². The molecule has 0 aliphatic heterocycles. The Morgan fingerprint density at radius 1 is 1.27 bits per heavy atom. The number of rotatable bonds is 5. The second kappa shape index (κ2) is 6.38. The summed E-state index contributed by atoms with van der Waals surface area (Å²) < 4.78 is 7.23. The maximum Gasteiger partial charge on any atom is 0.0955 e. The second-order valence-electron chi connectivity index (χ2n) is 6.20. The number of nitrogens with one attached hydrogen (secondary N) is 1. The van der Waals surface area contributed by atoms with Crippen molar-refractivity contribution >= 4 is 10.9 Å². The number of benzene rings is 1. The Bertz CT molecular complexity index is 640. The van der Waals surface area contributed by atoms with Gasteiger partial charge in [-0.25, -0.2) is 0 Å². The van der Waals surface area contributed by atoms with Gasteiger partial charge in [-0.15, -0.1) is 0 Å². The Morgan fingerprint density at radius 3 is 2.82 bits per heavy atom. The minimum atomic E-state index is -0.741. The monoisotopic (exact) mass is 304 g/mol. The molecule has 1 aromatic carbocycles. The summed E-state index contributed by atoms with van der Waals surface area (Å²) in [5.74, 6) is -0.00924. The van der Waals surface area contributed by atoms with Gasteiger partial charge in [-0.2, -0.15) is 0 Å². The standard InChI is InChI=1S/C17H24N2O3/c1-19-9-12(13-5-3-4-6-15(13)19)8-18-14-7-11(10-22-2)16(20)17(14)21/h3-6,9,11,14,16-18,20-21H,7-8,10H2,1-2H3/t11-,14-,16-,17+/m1/s1. The van der Waals surface area contributed by atoms with Gasteiger partial charge >= 0.3 is 0 Å². The lowest BCUT2D eigenvalue weighted by Gasteiger charge is -2.18. The minimum absolute atomic E-state index is 0.00924. The van der Waals surface area contributed by atoms with Gasteiger partial charge in [-0.3, -0.25) is 0 Å². The lowest BCUT2D eigenvalue weighted by molar-refractivity contribution is -0.00597. The zero-order chi connectivity index (χ0) is 15.7. The lowest BCUT2D eigenvalue weighted by Crippen LogP contribution is -2.39. The molecule has 5 heteroatoms. The molecule has 0 bridgehead atoms. The molecule has 1 aliphatic rings. The van der Waals surface area contributed by atoms with E-state index < -0.39 is 12.2 Å². The van der Waals surface area contributed by atoms with E-state index in [4.69, 9.17) is 4.74 Å². The fourth-order valence-electron chi connectivity index (χ4n) is 3.51. The fourth-order valence-corrected chi connectivity index (χ4v) is 3.51. The van der Waals surface area contributed by atoms with Crippen molar-refractivity contribution in [1.29, 1.82) is 0 Å². The van der Waals surface area contributed by atoms with Gasteiger partial charge in [-0.1, -0.05) is 18.2 Å². The van der Waals surface area contributed by atoms with Crippen molar-refractivity contribution < 1.29 is 14.9 Å². The third-order valence-corrected chi connectivity index (χ3v) is 4.72. The third kappa shape index (κ3) is 2.77. The van der Waals surface area contributed by atoms with E-state index in [0.29, 0.717) is 13.2 Å². The summed E-state index contributed by atoms with van der Waals surface area (Å²) in [6.07, 6.45) is 1.38. The molecule has 120 valence electrons. The van der Waals surface area contributed by atoms with E-state index in [1.165, 1.54) is 16.5 Å². The van der Waals surface area contributed by atoms with Crippen molar-refractivity contribution in [2.45, 2.75) is 31.2 Å². The molecule has 1 saturated carbocycles. The third-order valence-electron chi connectivity index (χ3n) is 4.72. The number of aromatic nitrogens is 1. The predicted octanol–water partition coefficient (Wildman–Crippen LogP) is 1.02. The van der Waals surface area contributed by atoms with Gasteiger partial charge in [0.05, 0.1) is 18.8 Å². The number of aliphatic hydroxyl groups excluding tert-OH is 2. The molecule has 1 aliphatic carbocycles. The number of ether oxygens (including phenoxy) is 1. The highest BCUT2D eigenvalue weighted by Gasteiger charge is 2.40. The number of hydrogen-bond donors (Lipinski definition) is 3. The Kier molecular flexibility index (Phi) is 4.49. The molecule has 1 fully saturated rings. The highest BCUT2D eigenvalue weighted by Crippen LogP contribution is 2.28. The molecule has 22 heavy (non-hydrogen) atoms. The summed E-state index contributed by atoms with van der Waals surface area (Å²) in [7, 11) is 3.66. The van der Waals surface area contributed by atoms with Crippen LogP contribution in [-0.2, 0) is 18.3 Å². The summed E-state index contributed by atoms with van der Waals surface area (Å²) >= 11 is 0. The molecule has 3 N–H and O–H groups in total. The van der Waals surface area contributed by atoms with E-state index in [1.54, 1.807) is 7.11 Å². The van der Waals surface area contributed by atoms with Gasteiger partial charge < -0.3 is 24.8 Å². The topological polar surface area (TPSA) is 66.7 Å². The molecule has 3 rings (SSSR count). The van der Waals surface area contributed by atoms with Crippen molar-refractivity contribution in [2.75, 3.05) is 13.7 Å². The van der Waals surface area contributed by atoms with Gasteiger partial charge in [0.1, 0.15) is 0 Å².